The van der Waals surface area contributed by atoms with Crippen LogP contribution in [0.4, 0.5) is 0 Å². The van der Waals surface area contributed by atoms with E-state index in [9.17, 15) is 14.4 Å². The number of hydrogen-bond donors (Lipinski definition) is 0. The van der Waals surface area contributed by atoms with Crippen molar-refractivity contribution >= 4 is 41.0 Å². The third-order valence-electron chi connectivity index (χ3n) is 5.07. The van der Waals surface area contributed by atoms with Crippen LogP contribution in [-0.2, 0) is 14.3 Å². The van der Waals surface area contributed by atoms with Crippen molar-refractivity contribution in [2.75, 3.05) is 7.11 Å². The molecule has 7 nitrogen and oxygen atoms in total. The van der Waals surface area contributed by atoms with Crippen molar-refractivity contribution in [2.24, 2.45) is 4.99 Å². The molecule has 0 unspecified atom stereocenters. The molecule has 0 fully saturated rings. The summed E-state index contributed by atoms with van der Waals surface area (Å²) in [7, 11) is 1.29. The van der Waals surface area contributed by atoms with E-state index in [0.717, 1.165) is 0 Å². The van der Waals surface area contributed by atoms with Crippen LogP contribution in [-0.4, -0.2) is 23.6 Å². The van der Waals surface area contributed by atoms with E-state index in [-0.39, 0.29) is 11.1 Å². The van der Waals surface area contributed by atoms with Gasteiger partial charge in [-0.1, -0.05) is 53.3 Å². The van der Waals surface area contributed by atoms with Crippen molar-refractivity contribution in [3.05, 3.63) is 95.6 Å². The number of hydrogen-bond acceptors (Lipinski definition) is 7. The van der Waals surface area contributed by atoms with E-state index < -0.39 is 18.0 Å². The fourth-order valence-electron chi connectivity index (χ4n) is 3.64. The van der Waals surface area contributed by atoms with Crippen LogP contribution in [0.3, 0.4) is 0 Å². The Kier molecular flexibility index (Phi) is 6.31. The normalized spacial score (nSPS) is 15.6. The molecule has 1 aromatic heterocycles. The molecule has 0 aliphatic carbocycles. The van der Waals surface area contributed by atoms with Gasteiger partial charge in [-0.2, -0.15) is 0 Å². The first-order valence-electron chi connectivity index (χ1n) is 9.94. The quantitative estimate of drug-likeness (QED) is 0.421. The van der Waals surface area contributed by atoms with Gasteiger partial charge in [-0.05, 0) is 36.8 Å². The SMILES string of the molecule is COC(=O)C1=C(C)N=c2s/c(=C\c3ccccc3OC(C)=O)c(=O)n2[C@@H]1c1ccc(Cl)cc1. The van der Waals surface area contributed by atoms with Crippen LogP contribution in [0.2, 0.25) is 5.02 Å². The van der Waals surface area contributed by atoms with Crippen molar-refractivity contribution < 1.29 is 19.1 Å². The van der Waals surface area contributed by atoms with E-state index >= 15 is 0 Å². The number of benzene rings is 2. The zero-order chi connectivity index (χ0) is 23.7. The number of para-hydroxylation sites is 1. The molecule has 2 heterocycles. The monoisotopic (exact) mass is 482 g/mol. The van der Waals surface area contributed by atoms with Gasteiger partial charge in [-0.15, -0.1) is 0 Å². The van der Waals surface area contributed by atoms with Crippen molar-refractivity contribution in [1.29, 1.82) is 0 Å². The fourth-order valence-corrected chi connectivity index (χ4v) is 4.81. The van der Waals surface area contributed by atoms with Gasteiger partial charge in [0.15, 0.2) is 4.80 Å². The third-order valence-corrected chi connectivity index (χ3v) is 6.31. The molecule has 3 aromatic rings. The minimum atomic E-state index is -0.725. The largest absolute Gasteiger partial charge is 0.466 e. The summed E-state index contributed by atoms with van der Waals surface area (Å²) in [6.07, 6.45) is 1.65. The molecule has 0 spiro atoms. The van der Waals surface area contributed by atoms with E-state index in [1.807, 2.05) is 0 Å². The van der Waals surface area contributed by atoms with Crippen LogP contribution in [0.15, 0.2) is 69.6 Å². The molecule has 1 aliphatic heterocycles. The second-order valence-corrected chi connectivity index (χ2v) is 8.70. The highest BCUT2D eigenvalue weighted by atomic mass is 35.5. The van der Waals surface area contributed by atoms with Crippen LogP contribution in [0, 0.1) is 0 Å². The van der Waals surface area contributed by atoms with Crippen LogP contribution in [0.25, 0.3) is 6.08 Å². The molecule has 0 amide bonds. The Labute approximate surface area is 197 Å². The van der Waals surface area contributed by atoms with E-state index in [1.165, 1.54) is 29.9 Å². The zero-order valence-corrected chi connectivity index (χ0v) is 19.6. The molecule has 33 heavy (non-hydrogen) atoms. The number of esters is 2. The van der Waals surface area contributed by atoms with Gasteiger partial charge in [0.05, 0.1) is 29.0 Å². The Morgan fingerprint density at radius 1 is 1.15 bits per heavy atom. The molecule has 0 saturated heterocycles. The Balaban J connectivity index is 1.95. The van der Waals surface area contributed by atoms with Crippen molar-refractivity contribution in [3.8, 4) is 5.75 Å². The number of allylic oxidation sites excluding steroid dienone is 1. The van der Waals surface area contributed by atoms with E-state index in [1.54, 1.807) is 61.5 Å². The van der Waals surface area contributed by atoms with Crippen LogP contribution >= 0.6 is 22.9 Å². The molecule has 168 valence electrons. The molecule has 4 rings (SSSR count). The highest BCUT2D eigenvalue weighted by molar-refractivity contribution is 7.07. The lowest BCUT2D eigenvalue weighted by molar-refractivity contribution is -0.136. The van der Waals surface area contributed by atoms with E-state index in [4.69, 9.17) is 21.1 Å². The summed E-state index contributed by atoms with van der Waals surface area (Å²) in [5, 5.41) is 0.536. The number of carbonyl (C=O) groups excluding carboxylic acids is 2. The number of methoxy groups -OCH3 is 1. The minimum absolute atomic E-state index is 0.277. The number of thiazole rings is 1. The number of fused-ring (bicyclic) bond motifs is 1. The van der Waals surface area contributed by atoms with Gasteiger partial charge in [0.2, 0.25) is 0 Å². The van der Waals surface area contributed by atoms with Gasteiger partial charge in [-0.3, -0.25) is 14.2 Å². The summed E-state index contributed by atoms with van der Waals surface area (Å²) in [4.78, 5) is 42.6. The zero-order valence-electron chi connectivity index (χ0n) is 18.0. The van der Waals surface area contributed by atoms with Gasteiger partial charge in [0.25, 0.3) is 5.56 Å². The number of carbonyl (C=O) groups is 2. The smallest absolute Gasteiger partial charge is 0.338 e. The Morgan fingerprint density at radius 3 is 2.52 bits per heavy atom. The Bertz CT molecular complexity index is 1470. The van der Waals surface area contributed by atoms with Gasteiger partial charge >= 0.3 is 11.9 Å². The molecule has 0 saturated carbocycles. The molecule has 1 aliphatic rings. The second kappa shape index (κ2) is 9.17. The predicted octanol–water partition coefficient (Wildman–Crippen LogP) is 2.99. The van der Waals surface area contributed by atoms with Gasteiger partial charge in [0, 0.05) is 17.5 Å². The van der Waals surface area contributed by atoms with Crippen LogP contribution in [0.1, 0.15) is 31.0 Å². The van der Waals surface area contributed by atoms with E-state index in [2.05, 4.69) is 4.99 Å². The maximum atomic E-state index is 13.5. The summed E-state index contributed by atoms with van der Waals surface area (Å²) in [6, 6.07) is 13.1. The summed E-state index contributed by atoms with van der Waals surface area (Å²) in [5.41, 5.74) is 1.69. The highest BCUT2D eigenvalue weighted by Gasteiger charge is 2.33. The van der Waals surface area contributed by atoms with Crippen LogP contribution < -0.4 is 19.6 Å². The summed E-state index contributed by atoms with van der Waals surface area (Å²) in [5.74, 6) is -0.680. The average molecular weight is 483 g/mol. The molecule has 0 radical (unpaired) electrons. The fraction of sp³-hybridized carbons (Fsp3) is 0.167. The number of aromatic nitrogens is 1. The number of nitrogens with zero attached hydrogens (tertiary/aromatic N) is 2. The standard InChI is InChI=1S/C24H19ClN2O5S/c1-13-20(23(30)31-3)21(15-8-10-17(25)11-9-15)27-22(29)19(33-24(27)26-13)12-16-6-4-5-7-18(16)32-14(2)28/h4-12,21H,1-3H3/b19-12-/t21-/m1/s1. The number of halogens is 1. The van der Waals surface area contributed by atoms with E-state index in [0.29, 0.717) is 36.9 Å². The van der Waals surface area contributed by atoms with Crippen molar-refractivity contribution in [1.82, 2.24) is 4.57 Å². The molecule has 0 N–H and O–H groups in total. The Morgan fingerprint density at radius 2 is 1.85 bits per heavy atom. The molecule has 0 bridgehead atoms. The first kappa shape index (κ1) is 22.7. The molecular formula is C24H19ClN2O5S. The summed E-state index contributed by atoms with van der Waals surface area (Å²) in [6.45, 7) is 3.02. The lowest BCUT2D eigenvalue weighted by Gasteiger charge is -2.24. The first-order chi connectivity index (χ1) is 15.8. The highest BCUT2D eigenvalue weighted by Crippen LogP contribution is 2.31. The predicted molar refractivity (Wildman–Crippen MR) is 125 cm³/mol. The lowest BCUT2D eigenvalue weighted by atomic mass is 9.96. The summed E-state index contributed by atoms with van der Waals surface area (Å²) < 4.78 is 12.1. The number of ether oxygens (including phenoxy) is 2. The second-order valence-electron chi connectivity index (χ2n) is 7.26. The minimum Gasteiger partial charge on any atom is -0.466 e. The lowest BCUT2D eigenvalue weighted by Crippen LogP contribution is -2.39. The molecular weight excluding hydrogens is 464 g/mol. The Hall–Kier alpha value is -3.49. The molecule has 1 atom stereocenters. The topological polar surface area (TPSA) is 87.0 Å². The molecule has 2 aromatic carbocycles. The number of rotatable bonds is 4. The summed E-state index contributed by atoms with van der Waals surface area (Å²) >= 11 is 7.24. The average Bonchev–Trinajstić information content (AvgIpc) is 3.08. The van der Waals surface area contributed by atoms with Crippen molar-refractivity contribution in [3.63, 3.8) is 0 Å². The first-order valence-corrected chi connectivity index (χ1v) is 11.1. The van der Waals surface area contributed by atoms with Crippen molar-refractivity contribution in [2.45, 2.75) is 19.9 Å². The maximum absolute atomic E-state index is 13.5. The van der Waals surface area contributed by atoms with Crippen LogP contribution in [0.5, 0.6) is 5.75 Å². The molecule has 9 heteroatoms. The van der Waals surface area contributed by atoms with Gasteiger partial charge < -0.3 is 9.47 Å². The third kappa shape index (κ3) is 4.40. The maximum Gasteiger partial charge on any atom is 0.338 e. The van der Waals surface area contributed by atoms with Gasteiger partial charge in [0.1, 0.15) is 5.75 Å². The van der Waals surface area contributed by atoms with Gasteiger partial charge in [-0.25, -0.2) is 9.79 Å².